The Morgan fingerprint density at radius 1 is 0.879 bits per heavy atom. The van der Waals surface area contributed by atoms with E-state index in [4.69, 9.17) is 9.47 Å². The zero-order chi connectivity index (χ0) is 24.0. The Bertz CT molecular complexity index is 1210. The molecule has 0 bridgehead atoms. The molecule has 3 aromatic rings. The first-order valence-corrected chi connectivity index (χ1v) is 12.1. The maximum Gasteiger partial charge on any atom is 0.338 e. The van der Waals surface area contributed by atoms with E-state index >= 15 is 0 Å². The minimum absolute atomic E-state index is 0.0311. The van der Waals surface area contributed by atoms with E-state index in [2.05, 4.69) is 36.8 Å². The summed E-state index contributed by atoms with van der Waals surface area (Å²) in [4.78, 5) is 11.9. The van der Waals surface area contributed by atoms with E-state index in [0.717, 1.165) is 16.9 Å². The summed E-state index contributed by atoms with van der Waals surface area (Å²) < 4.78 is 38.5. The first kappa shape index (κ1) is 24.5. The predicted octanol–water partition coefficient (Wildman–Crippen LogP) is 4.50. The fourth-order valence-electron chi connectivity index (χ4n) is 3.58. The predicted molar refractivity (Wildman–Crippen MR) is 128 cm³/mol. The molecule has 0 aliphatic carbocycles. The number of hydrogen-bond acceptors (Lipinski definition) is 5. The molecule has 0 aromatic heterocycles. The lowest BCUT2D eigenvalue weighted by atomic mass is 10.1. The molecule has 0 heterocycles. The van der Waals surface area contributed by atoms with Gasteiger partial charge in [0.25, 0.3) is 0 Å². The quantitative estimate of drug-likeness (QED) is 0.469. The van der Waals surface area contributed by atoms with Crippen molar-refractivity contribution in [2.45, 2.75) is 38.7 Å². The summed E-state index contributed by atoms with van der Waals surface area (Å²) in [6.45, 7) is 6.58. The number of carbonyl (C=O) groups is 1. The minimum atomic E-state index is -3.75. The second kappa shape index (κ2) is 10.6. The van der Waals surface area contributed by atoms with Crippen LogP contribution in [0.15, 0.2) is 65.6 Å². The highest BCUT2D eigenvalue weighted by molar-refractivity contribution is 7.89. The second-order valence-corrected chi connectivity index (χ2v) is 9.81. The van der Waals surface area contributed by atoms with Gasteiger partial charge in [-0.25, -0.2) is 17.9 Å². The third kappa shape index (κ3) is 6.66. The molecular formula is C26H29NO5S. The maximum absolute atomic E-state index is 12.6. The maximum atomic E-state index is 12.6. The molecule has 0 aliphatic heterocycles. The number of nitrogens with one attached hydrogen (secondary N) is 1. The van der Waals surface area contributed by atoms with E-state index in [1.165, 1.54) is 30.4 Å². The standard InChI is InChI=1S/C26H29NO5S/c1-18-13-19(2)15-22(14-18)17-32-23-8-6-21(7-9-23)11-12-27-33(29,30)24-10-5-20(3)25(16-24)26(28)31-4/h5-10,13-16,27H,11-12,17H2,1-4H3. The largest absolute Gasteiger partial charge is 0.489 e. The Kier molecular flexibility index (Phi) is 7.89. The molecule has 0 spiro atoms. The molecular weight excluding hydrogens is 438 g/mol. The van der Waals surface area contributed by atoms with Crippen molar-refractivity contribution in [3.05, 3.63) is 94.0 Å². The van der Waals surface area contributed by atoms with Gasteiger partial charge in [0.15, 0.2) is 0 Å². The van der Waals surface area contributed by atoms with Gasteiger partial charge in [-0.1, -0.05) is 47.5 Å². The number of benzene rings is 3. The van der Waals surface area contributed by atoms with Gasteiger partial charge in [-0.05, 0) is 68.1 Å². The van der Waals surface area contributed by atoms with E-state index in [1.807, 2.05) is 24.3 Å². The lowest BCUT2D eigenvalue weighted by molar-refractivity contribution is 0.0599. The zero-order valence-corrected chi connectivity index (χ0v) is 20.2. The summed E-state index contributed by atoms with van der Waals surface area (Å²) in [7, 11) is -2.48. The smallest absolute Gasteiger partial charge is 0.338 e. The average Bonchev–Trinajstić information content (AvgIpc) is 2.77. The van der Waals surface area contributed by atoms with E-state index in [-0.39, 0.29) is 17.0 Å². The molecule has 7 heteroatoms. The molecule has 1 N–H and O–H groups in total. The molecule has 3 aromatic carbocycles. The highest BCUT2D eigenvalue weighted by Gasteiger charge is 2.18. The number of rotatable bonds is 9. The van der Waals surface area contributed by atoms with Crippen LogP contribution >= 0.6 is 0 Å². The van der Waals surface area contributed by atoms with Gasteiger partial charge < -0.3 is 9.47 Å². The third-order valence-electron chi connectivity index (χ3n) is 5.24. The number of esters is 1. The minimum Gasteiger partial charge on any atom is -0.489 e. The van der Waals surface area contributed by atoms with E-state index in [1.54, 1.807) is 13.0 Å². The molecule has 0 saturated carbocycles. The molecule has 6 nitrogen and oxygen atoms in total. The van der Waals surface area contributed by atoms with E-state index in [0.29, 0.717) is 18.6 Å². The molecule has 0 unspecified atom stereocenters. The summed E-state index contributed by atoms with van der Waals surface area (Å²) in [5.41, 5.74) is 5.41. The third-order valence-corrected chi connectivity index (χ3v) is 6.70. The summed E-state index contributed by atoms with van der Waals surface area (Å²) in [6.07, 6.45) is 0.520. The van der Waals surface area contributed by atoms with Crippen molar-refractivity contribution in [3.63, 3.8) is 0 Å². The van der Waals surface area contributed by atoms with Crippen LogP contribution in [-0.4, -0.2) is 28.0 Å². The van der Waals surface area contributed by atoms with Crippen LogP contribution in [0.25, 0.3) is 0 Å². The topological polar surface area (TPSA) is 81.7 Å². The molecule has 33 heavy (non-hydrogen) atoms. The zero-order valence-electron chi connectivity index (χ0n) is 19.3. The Morgan fingerprint density at radius 3 is 2.18 bits per heavy atom. The lowest BCUT2D eigenvalue weighted by Crippen LogP contribution is -2.26. The fraction of sp³-hybridized carbons (Fsp3) is 0.269. The van der Waals surface area contributed by atoms with Gasteiger partial charge in [0.2, 0.25) is 10.0 Å². The molecule has 174 valence electrons. The fourth-order valence-corrected chi connectivity index (χ4v) is 4.64. The van der Waals surface area contributed by atoms with Crippen molar-refractivity contribution in [1.82, 2.24) is 4.72 Å². The normalized spacial score (nSPS) is 11.3. The van der Waals surface area contributed by atoms with Gasteiger partial charge in [-0.15, -0.1) is 0 Å². The average molecular weight is 468 g/mol. The van der Waals surface area contributed by atoms with Crippen molar-refractivity contribution < 1.29 is 22.7 Å². The number of ether oxygens (including phenoxy) is 2. The second-order valence-electron chi connectivity index (χ2n) is 8.04. The van der Waals surface area contributed by atoms with Crippen molar-refractivity contribution in [3.8, 4) is 5.75 Å². The van der Waals surface area contributed by atoms with Gasteiger partial charge in [-0.3, -0.25) is 0 Å². The Morgan fingerprint density at radius 2 is 1.55 bits per heavy atom. The van der Waals surface area contributed by atoms with E-state index < -0.39 is 16.0 Å². The monoisotopic (exact) mass is 467 g/mol. The van der Waals surface area contributed by atoms with Crippen LogP contribution in [0.3, 0.4) is 0 Å². The molecule has 0 atom stereocenters. The number of carbonyl (C=O) groups excluding carboxylic acids is 1. The van der Waals surface area contributed by atoms with Gasteiger partial charge in [0.05, 0.1) is 17.6 Å². The first-order chi connectivity index (χ1) is 15.7. The molecule has 0 radical (unpaired) electrons. The van der Waals surface area contributed by atoms with Crippen LogP contribution in [0.1, 0.15) is 38.2 Å². The van der Waals surface area contributed by atoms with E-state index in [9.17, 15) is 13.2 Å². The van der Waals surface area contributed by atoms with Crippen molar-refractivity contribution in [2.24, 2.45) is 0 Å². The number of hydrogen-bond donors (Lipinski definition) is 1. The molecule has 3 rings (SSSR count). The number of aryl methyl sites for hydroxylation is 3. The first-order valence-electron chi connectivity index (χ1n) is 10.7. The van der Waals surface area contributed by atoms with Crippen LogP contribution < -0.4 is 9.46 Å². The van der Waals surface area contributed by atoms with Gasteiger partial charge in [0.1, 0.15) is 12.4 Å². The van der Waals surface area contributed by atoms with Crippen LogP contribution in [0, 0.1) is 20.8 Å². The summed E-state index contributed by atoms with van der Waals surface area (Å²) >= 11 is 0. The van der Waals surface area contributed by atoms with Crippen molar-refractivity contribution in [1.29, 1.82) is 0 Å². The summed E-state index contributed by atoms with van der Waals surface area (Å²) in [5.74, 6) is 0.192. The van der Waals surface area contributed by atoms with Gasteiger partial charge >= 0.3 is 5.97 Å². The van der Waals surface area contributed by atoms with Crippen LogP contribution in [0.2, 0.25) is 0 Å². The Hall–Kier alpha value is -3.16. The van der Waals surface area contributed by atoms with Crippen molar-refractivity contribution >= 4 is 16.0 Å². The molecule has 0 aliphatic rings. The van der Waals surface area contributed by atoms with Crippen LogP contribution in [0.5, 0.6) is 5.75 Å². The Labute approximate surface area is 195 Å². The SMILES string of the molecule is COC(=O)c1cc(S(=O)(=O)NCCc2ccc(OCc3cc(C)cc(C)c3)cc2)ccc1C. The summed E-state index contributed by atoms with van der Waals surface area (Å²) in [5, 5.41) is 0. The number of sulfonamides is 1. The van der Waals surface area contributed by atoms with Crippen LogP contribution in [-0.2, 0) is 27.8 Å². The highest BCUT2D eigenvalue weighted by atomic mass is 32.2. The Balaban J connectivity index is 1.55. The molecule has 0 saturated heterocycles. The highest BCUT2D eigenvalue weighted by Crippen LogP contribution is 2.18. The van der Waals surface area contributed by atoms with Gasteiger partial charge in [-0.2, -0.15) is 0 Å². The number of methoxy groups -OCH3 is 1. The molecule has 0 fully saturated rings. The van der Waals surface area contributed by atoms with Crippen LogP contribution in [0.4, 0.5) is 0 Å². The lowest BCUT2D eigenvalue weighted by Gasteiger charge is -2.11. The molecule has 0 amide bonds. The summed E-state index contributed by atoms with van der Waals surface area (Å²) in [6, 6.07) is 18.4. The van der Waals surface area contributed by atoms with Gasteiger partial charge in [0, 0.05) is 6.54 Å². The van der Waals surface area contributed by atoms with Crippen molar-refractivity contribution in [2.75, 3.05) is 13.7 Å².